The maximum atomic E-state index is 14.1. The first-order chi connectivity index (χ1) is 29.2. The summed E-state index contributed by atoms with van der Waals surface area (Å²) >= 11 is 1.45. The van der Waals surface area contributed by atoms with Gasteiger partial charge in [0.05, 0.1) is 10.6 Å². The number of benzene rings is 3. The van der Waals surface area contributed by atoms with Crippen LogP contribution in [0.15, 0.2) is 98.6 Å². The molecule has 338 valence electrons. The first-order valence-corrected chi connectivity index (χ1v) is 25.6. The van der Waals surface area contributed by atoms with E-state index >= 15 is 0 Å². The molecule has 0 radical (unpaired) electrons. The predicted octanol–water partition coefficient (Wildman–Crippen LogP) is 8.54. The fraction of sp³-hybridized carbons (Fsp3) is 0.543. The molecule has 3 aliphatic carbocycles. The van der Waals surface area contributed by atoms with Gasteiger partial charge in [0, 0.05) is 60.7 Å². The average Bonchev–Trinajstić information content (AvgIpc) is 3.96. The first-order valence-electron chi connectivity index (χ1n) is 21.6. The van der Waals surface area contributed by atoms with E-state index < -0.39 is 52.8 Å². The second-order valence-corrected chi connectivity index (χ2v) is 23.4. The Labute approximate surface area is 370 Å². The van der Waals surface area contributed by atoms with Crippen molar-refractivity contribution >= 4 is 48.9 Å². The standard InChI is InChI=1S/C46H60F3N5O5S3/c1-31-25-40(41-27-39(31)41)38-17-19-45(2,3)28-33(38)29-53-21-23-54(24-22-53)35-13-11-32(12-14-35)44(55)51-62(58,59)37-15-16-42(43(26-37)61(56,57)46(47,48)49)50-34(18-20-52(4)5)30-60-36-9-7-6-8-10-36/h6-16,26,31,34,39-41,50H,17-25,27-30H2,1-5H3,(H,51,55)/t31-,34+,39?,40-,41?/m0/s1. The van der Waals surface area contributed by atoms with Crippen molar-refractivity contribution in [3.8, 4) is 0 Å². The van der Waals surface area contributed by atoms with E-state index in [1.54, 1.807) is 23.3 Å². The molecule has 3 aromatic rings. The number of halogens is 3. The van der Waals surface area contributed by atoms with Crippen LogP contribution in [0.3, 0.4) is 0 Å². The van der Waals surface area contributed by atoms with Crippen LogP contribution in [0.4, 0.5) is 24.5 Å². The van der Waals surface area contributed by atoms with Crippen LogP contribution in [0.5, 0.6) is 0 Å². The molecular weight excluding hydrogens is 856 g/mol. The highest BCUT2D eigenvalue weighted by Gasteiger charge is 2.54. The maximum absolute atomic E-state index is 14.1. The molecule has 2 unspecified atom stereocenters. The van der Waals surface area contributed by atoms with Crippen LogP contribution in [-0.4, -0.2) is 103 Å². The molecule has 10 nitrogen and oxygen atoms in total. The zero-order valence-electron chi connectivity index (χ0n) is 36.2. The summed E-state index contributed by atoms with van der Waals surface area (Å²) in [4.78, 5) is 18.9. The number of hydrogen-bond donors (Lipinski definition) is 2. The van der Waals surface area contributed by atoms with Crippen molar-refractivity contribution in [2.24, 2.45) is 29.1 Å². The van der Waals surface area contributed by atoms with Crippen molar-refractivity contribution < 1.29 is 34.8 Å². The number of amides is 1. The lowest BCUT2D eigenvalue weighted by molar-refractivity contribution is -0.0435. The summed E-state index contributed by atoms with van der Waals surface area (Å²) in [5.74, 6) is 2.82. The Kier molecular flexibility index (Phi) is 13.9. The molecule has 3 aromatic carbocycles. The summed E-state index contributed by atoms with van der Waals surface area (Å²) in [5.41, 5.74) is -1.46. The number of nitrogens with zero attached hydrogens (tertiary/aromatic N) is 3. The molecule has 2 N–H and O–H groups in total. The fourth-order valence-electron chi connectivity index (χ4n) is 9.72. The lowest BCUT2D eigenvalue weighted by atomic mass is 9.70. The number of alkyl halides is 3. The third-order valence-electron chi connectivity index (χ3n) is 13.3. The molecule has 3 fully saturated rings. The smallest absolute Gasteiger partial charge is 0.380 e. The van der Waals surface area contributed by atoms with Gasteiger partial charge in [0.15, 0.2) is 0 Å². The summed E-state index contributed by atoms with van der Waals surface area (Å²) < 4.78 is 97.0. The van der Waals surface area contributed by atoms with Crippen LogP contribution >= 0.6 is 11.8 Å². The minimum Gasteiger partial charge on any atom is -0.380 e. The zero-order valence-corrected chi connectivity index (χ0v) is 38.7. The number of hydrogen-bond acceptors (Lipinski definition) is 10. The second-order valence-electron chi connectivity index (χ2n) is 18.8. The van der Waals surface area contributed by atoms with Gasteiger partial charge < -0.3 is 15.1 Å². The number of thioether (sulfide) groups is 1. The van der Waals surface area contributed by atoms with E-state index in [0.717, 1.165) is 85.5 Å². The third kappa shape index (κ3) is 10.8. The molecule has 0 bridgehead atoms. The Morgan fingerprint density at radius 3 is 2.24 bits per heavy atom. The molecular formula is C46H60F3N5O5S3. The topological polar surface area (TPSA) is 119 Å². The van der Waals surface area contributed by atoms with Gasteiger partial charge in [-0.1, -0.05) is 50.1 Å². The highest BCUT2D eigenvalue weighted by Crippen LogP contribution is 2.62. The summed E-state index contributed by atoms with van der Waals surface area (Å²) in [6, 6.07) is 17.9. The van der Waals surface area contributed by atoms with Crippen LogP contribution in [-0.2, 0) is 19.9 Å². The molecule has 2 saturated carbocycles. The first kappa shape index (κ1) is 46.4. The molecule has 4 aliphatic rings. The van der Waals surface area contributed by atoms with E-state index in [-0.39, 0.29) is 5.56 Å². The van der Waals surface area contributed by atoms with E-state index in [2.05, 4.69) is 35.9 Å². The lowest BCUT2D eigenvalue weighted by Gasteiger charge is -2.40. The summed E-state index contributed by atoms with van der Waals surface area (Å²) in [6.45, 7) is 12.2. The minimum absolute atomic E-state index is 0.0237. The second kappa shape index (κ2) is 18.5. The summed E-state index contributed by atoms with van der Waals surface area (Å²) in [6.07, 6.45) is 6.83. The summed E-state index contributed by atoms with van der Waals surface area (Å²) in [5, 5.41) is 2.95. The SMILES string of the molecule is C[C@H]1C[C@@H](C2=C(CN3CCN(c4ccc(C(=O)NS(=O)(=O)c5ccc(N[C@H](CCN(C)C)CSc6ccccc6)c(S(=O)(=O)C(F)(F)F)c5)cc4)CC3)CC(C)(C)CC2)C2CC21. The quantitative estimate of drug-likeness (QED) is 0.107. The van der Waals surface area contributed by atoms with Gasteiger partial charge in [0.25, 0.3) is 25.8 Å². The third-order valence-corrected chi connectivity index (χ3v) is 17.3. The van der Waals surface area contributed by atoms with Crippen molar-refractivity contribution in [1.29, 1.82) is 0 Å². The molecule has 1 heterocycles. The fourth-order valence-corrected chi connectivity index (χ4v) is 12.7. The Hall–Kier alpha value is -3.57. The Bertz CT molecular complexity index is 2330. The normalized spacial score (nSPS) is 23.6. The molecule has 7 rings (SSSR count). The van der Waals surface area contributed by atoms with Gasteiger partial charge in [-0.05, 0) is 143 Å². The molecule has 1 aliphatic heterocycles. The minimum atomic E-state index is -6.02. The Morgan fingerprint density at radius 2 is 1.63 bits per heavy atom. The number of piperazine rings is 1. The van der Waals surface area contributed by atoms with Gasteiger partial charge in [-0.15, -0.1) is 11.8 Å². The van der Waals surface area contributed by atoms with Gasteiger partial charge in [0.2, 0.25) is 0 Å². The van der Waals surface area contributed by atoms with Crippen LogP contribution in [0.25, 0.3) is 0 Å². The van der Waals surface area contributed by atoms with E-state index in [9.17, 15) is 34.8 Å². The van der Waals surface area contributed by atoms with Crippen molar-refractivity contribution in [1.82, 2.24) is 14.5 Å². The molecule has 1 saturated heterocycles. The number of fused-ring (bicyclic) bond motifs is 1. The van der Waals surface area contributed by atoms with Crippen molar-refractivity contribution in [2.45, 2.75) is 85.5 Å². The number of nitrogens with one attached hydrogen (secondary N) is 2. The average molecular weight is 916 g/mol. The maximum Gasteiger partial charge on any atom is 0.501 e. The number of anilines is 2. The number of rotatable bonds is 16. The number of sulfonamides is 1. The Balaban J connectivity index is 1.00. The molecule has 0 spiro atoms. The van der Waals surface area contributed by atoms with Crippen LogP contribution in [0.1, 0.15) is 69.7 Å². The van der Waals surface area contributed by atoms with E-state index in [4.69, 9.17) is 0 Å². The van der Waals surface area contributed by atoms with E-state index in [0.29, 0.717) is 30.2 Å². The molecule has 5 atom stereocenters. The van der Waals surface area contributed by atoms with E-state index in [1.165, 1.54) is 49.6 Å². The lowest BCUT2D eigenvalue weighted by Crippen LogP contribution is -2.47. The molecule has 62 heavy (non-hydrogen) atoms. The number of sulfone groups is 1. The highest BCUT2D eigenvalue weighted by atomic mass is 32.2. The van der Waals surface area contributed by atoms with Gasteiger partial charge in [0.1, 0.15) is 4.90 Å². The number of allylic oxidation sites excluding steroid dienone is 1. The van der Waals surface area contributed by atoms with Gasteiger partial charge in [-0.25, -0.2) is 21.6 Å². The van der Waals surface area contributed by atoms with Crippen LogP contribution in [0.2, 0.25) is 0 Å². The van der Waals surface area contributed by atoms with Crippen LogP contribution < -0.4 is 14.9 Å². The molecule has 16 heteroatoms. The zero-order chi connectivity index (χ0) is 44.6. The monoisotopic (exact) mass is 915 g/mol. The predicted molar refractivity (Wildman–Crippen MR) is 241 cm³/mol. The van der Waals surface area contributed by atoms with Gasteiger partial charge >= 0.3 is 5.51 Å². The Morgan fingerprint density at radius 1 is 0.935 bits per heavy atom. The summed E-state index contributed by atoms with van der Waals surface area (Å²) in [7, 11) is -7.15. The number of carbonyl (C=O) groups excluding carboxylic acids is 1. The van der Waals surface area contributed by atoms with E-state index in [1.807, 2.05) is 54.0 Å². The van der Waals surface area contributed by atoms with Crippen molar-refractivity contribution in [3.05, 3.63) is 89.5 Å². The highest BCUT2D eigenvalue weighted by molar-refractivity contribution is 7.99. The van der Waals surface area contributed by atoms with Crippen molar-refractivity contribution in [2.75, 3.05) is 69.3 Å². The van der Waals surface area contributed by atoms with Gasteiger partial charge in [-0.2, -0.15) is 13.2 Å². The van der Waals surface area contributed by atoms with Crippen molar-refractivity contribution in [3.63, 3.8) is 0 Å². The van der Waals surface area contributed by atoms with Crippen LogP contribution in [0, 0.1) is 29.1 Å². The molecule has 0 aromatic heterocycles. The largest absolute Gasteiger partial charge is 0.501 e. The van der Waals surface area contributed by atoms with Gasteiger partial charge in [-0.3, -0.25) is 9.69 Å². The molecule has 1 amide bonds. The number of carbonyl (C=O) groups is 1.